The van der Waals surface area contributed by atoms with Gasteiger partial charge in [-0.1, -0.05) is 60.7 Å². The Kier molecular flexibility index (Phi) is 6.73. The number of nitrogens with zero attached hydrogens (tertiary/aromatic N) is 3. The quantitative estimate of drug-likeness (QED) is 0.402. The molecule has 3 aromatic carbocycles. The van der Waals surface area contributed by atoms with Crippen LogP contribution in [0.2, 0.25) is 0 Å². The average molecular weight is 543 g/mol. The summed E-state index contributed by atoms with van der Waals surface area (Å²) in [6, 6.07) is 25.2. The van der Waals surface area contributed by atoms with Gasteiger partial charge >= 0.3 is 0 Å². The molecular weight excluding hydrogens is 512 g/mol. The standard InChI is InChI=1S/C34H30N4O3/c1-37(2)23-15-17-25-27(19-23)41-28-20-24(38(3)4)16-18-26(28)29(25)32-33(34(39)40)36-31(22-13-9-6-10-14-22)30(35-32)21-11-7-5-8-12-21/h5-20,23H,1-4H3,(H,39,40). The van der Waals surface area contributed by atoms with E-state index in [2.05, 4.69) is 26.2 Å². The predicted octanol–water partition coefficient (Wildman–Crippen LogP) is 3.40. The summed E-state index contributed by atoms with van der Waals surface area (Å²) < 4.78 is 6.47. The van der Waals surface area contributed by atoms with E-state index in [1.807, 2.05) is 104 Å². The highest BCUT2D eigenvalue weighted by Gasteiger charge is 2.32. The summed E-state index contributed by atoms with van der Waals surface area (Å²) in [5, 5.41) is 12.7. The second kappa shape index (κ2) is 10.5. The van der Waals surface area contributed by atoms with Crippen molar-refractivity contribution < 1.29 is 19.5 Å². The van der Waals surface area contributed by atoms with E-state index in [1.165, 1.54) is 4.90 Å². The summed E-state index contributed by atoms with van der Waals surface area (Å²) in [6.07, 6.45) is 6.16. The first kappa shape index (κ1) is 26.2. The summed E-state index contributed by atoms with van der Waals surface area (Å²) in [5.74, 6) is -0.101. The number of carbonyl (C=O) groups excluding carboxylic acids is 1. The number of nitrogens with one attached hydrogen (secondary N) is 1. The van der Waals surface area contributed by atoms with Crippen LogP contribution in [0.15, 0.2) is 108 Å². The first-order valence-corrected chi connectivity index (χ1v) is 13.5. The number of likely N-dealkylation sites (N-methyl/N-ethyl adjacent to an activating group) is 1. The molecular formula is C34H30N4O3. The van der Waals surface area contributed by atoms with Crippen molar-refractivity contribution in [2.75, 3.05) is 33.1 Å². The van der Waals surface area contributed by atoms with E-state index in [0.717, 1.165) is 28.0 Å². The van der Waals surface area contributed by atoms with Crippen LogP contribution < -0.4 is 19.6 Å². The maximum absolute atomic E-state index is 12.7. The lowest BCUT2D eigenvalue weighted by atomic mass is 9.88. The highest BCUT2D eigenvalue weighted by Crippen LogP contribution is 2.45. The van der Waals surface area contributed by atoms with Crippen molar-refractivity contribution in [3.8, 4) is 28.3 Å². The number of carbonyl (C=O) groups is 1. The number of ether oxygens (including phenoxy) is 1. The van der Waals surface area contributed by atoms with Crippen molar-refractivity contribution in [2.45, 2.75) is 6.04 Å². The minimum atomic E-state index is -1.39. The van der Waals surface area contributed by atoms with Gasteiger partial charge in [0.05, 0.1) is 31.5 Å². The van der Waals surface area contributed by atoms with E-state index in [4.69, 9.17) is 14.7 Å². The molecule has 2 aliphatic rings. The lowest BCUT2D eigenvalue weighted by molar-refractivity contribution is -0.871. The van der Waals surface area contributed by atoms with E-state index in [0.29, 0.717) is 28.5 Å². The second-order valence-corrected chi connectivity index (χ2v) is 10.6. The van der Waals surface area contributed by atoms with Crippen LogP contribution in [0.3, 0.4) is 0 Å². The second-order valence-electron chi connectivity index (χ2n) is 10.6. The number of rotatable bonds is 6. The first-order valence-electron chi connectivity index (χ1n) is 13.5. The van der Waals surface area contributed by atoms with Gasteiger partial charge in [0.15, 0.2) is 0 Å². The number of fused-ring (bicyclic) bond motifs is 2. The number of aromatic nitrogens is 2. The van der Waals surface area contributed by atoms with Gasteiger partial charge in [0, 0.05) is 59.8 Å². The molecule has 1 aliphatic carbocycles. The van der Waals surface area contributed by atoms with Gasteiger partial charge in [0.1, 0.15) is 28.9 Å². The topological polar surface area (TPSA) is 82.8 Å². The van der Waals surface area contributed by atoms with E-state index >= 15 is 0 Å². The number of quaternary nitrogens is 1. The molecule has 0 radical (unpaired) electrons. The SMILES string of the molecule is CN(C)c1ccc2c(c1)OC1=CC([NH+](C)C)C=CC1=C2c1nc(-c2ccccc2)c(-c2ccccc2)nc1C(=O)[O-]. The van der Waals surface area contributed by atoms with Gasteiger partial charge in [0.2, 0.25) is 0 Å². The number of carboxylic acids is 1. The molecule has 0 fully saturated rings. The van der Waals surface area contributed by atoms with Crippen LogP contribution >= 0.6 is 0 Å². The fraction of sp³-hybridized carbons (Fsp3) is 0.147. The third kappa shape index (κ3) is 4.81. The van der Waals surface area contributed by atoms with Crippen molar-refractivity contribution in [1.82, 2.24) is 9.97 Å². The van der Waals surface area contributed by atoms with Gasteiger partial charge in [0.25, 0.3) is 0 Å². The Balaban J connectivity index is 1.68. The van der Waals surface area contributed by atoms with Gasteiger partial charge in [-0.2, -0.15) is 0 Å². The molecule has 4 aromatic rings. The van der Waals surface area contributed by atoms with Crippen molar-refractivity contribution in [2.24, 2.45) is 0 Å². The Hall–Kier alpha value is -5.01. The third-order valence-electron chi connectivity index (χ3n) is 7.39. The molecule has 1 aromatic heterocycles. The zero-order chi connectivity index (χ0) is 28.7. The molecule has 41 heavy (non-hydrogen) atoms. The van der Waals surface area contributed by atoms with E-state index < -0.39 is 5.97 Å². The number of carboxylic acid groups (broad SMARTS) is 1. The number of aromatic carboxylic acids is 1. The maximum Gasteiger partial charge on any atom is 0.137 e. The van der Waals surface area contributed by atoms with Gasteiger partial charge in [-0.05, 0) is 24.3 Å². The summed E-state index contributed by atoms with van der Waals surface area (Å²) in [5.41, 5.74) is 5.80. The van der Waals surface area contributed by atoms with Gasteiger partial charge in [-0.3, -0.25) is 0 Å². The lowest BCUT2D eigenvalue weighted by Crippen LogP contribution is -3.09. The van der Waals surface area contributed by atoms with E-state index in [-0.39, 0.29) is 17.4 Å². The Morgan fingerprint density at radius 1 is 0.878 bits per heavy atom. The number of benzene rings is 3. The largest absolute Gasteiger partial charge is 0.543 e. The summed E-state index contributed by atoms with van der Waals surface area (Å²) >= 11 is 0. The molecule has 0 amide bonds. The fourth-order valence-corrected chi connectivity index (χ4v) is 5.19. The average Bonchev–Trinajstić information content (AvgIpc) is 2.99. The number of hydrogen-bond acceptors (Lipinski definition) is 6. The zero-order valence-corrected chi connectivity index (χ0v) is 23.4. The highest BCUT2D eigenvalue weighted by atomic mass is 16.5. The van der Waals surface area contributed by atoms with Crippen molar-refractivity contribution in [3.05, 3.63) is 125 Å². The Morgan fingerprint density at radius 3 is 2.10 bits per heavy atom. The van der Waals surface area contributed by atoms with Crippen LogP contribution in [0.25, 0.3) is 28.1 Å². The highest BCUT2D eigenvalue weighted by molar-refractivity contribution is 5.99. The molecule has 0 saturated heterocycles. The van der Waals surface area contributed by atoms with Crippen molar-refractivity contribution >= 4 is 17.2 Å². The third-order valence-corrected chi connectivity index (χ3v) is 7.39. The van der Waals surface area contributed by atoms with Crippen LogP contribution in [-0.2, 0) is 0 Å². The van der Waals surface area contributed by atoms with Crippen LogP contribution in [-0.4, -0.2) is 50.2 Å². The molecule has 0 saturated carbocycles. The van der Waals surface area contributed by atoms with E-state index in [9.17, 15) is 9.90 Å². The molecule has 7 nitrogen and oxygen atoms in total. The van der Waals surface area contributed by atoms with E-state index in [1.54, 1.807) is 0 Å². The molecule has 1 atom stereocenters. The molecule has 204 valence electrons. The predicted molar refractivity (Wildman–Crippen MR) is 158 cm³/mol. The zero-order valence-electron chi connectivity index (χ0n) is 23.4. The van der Waals surface area contributed by atoms with Crippen LogP contribution in [0.4, 0.5) is 5.69 Å². The van der Waals surface area contributed by atoms with Crippen molar-refractivity contribution in [3.63, 3.8) is 0 Å². The van der Waals surface area contributed by atoms with Crippen molar-refractivity contribution in [1.29, 1.82) is 0 Å². The maximum atomic E-state index is 12.7. The van der Waals surface area contributed by atoms with Gasteiger partial charge in [-0.25, -0.2) is 9.97 Å². The molecule has 0 spiro atoms. The molecule has 0 bridgehead atoms. The minimum absolute atomic E-state index is 0.0978. The number of allylic oxidation sites excluding steroid dienone is 1. The molecule has 6 rings (SSSR count). The molecule has 1 N–H and O–H groups in total. The summed E-state index contributed by atoms with van der Waals surface area (Å²) in [4.78, 5) is 25.8. The molecule has 1 unspecified atom stereocenters. The molecule has 7 heteroatoms. The number of anilines is 1. The summed E-state index contributed by atoms with van der Waals surface area (Å²) in [6.45, 7) is 0. The first-order chi connectivity index (χ1) is 19.8. The monoisotopic (exact) mass is 542 g/mol. The Labute approximate surface area is 239 Å². The molecule has 1 aliphatic heterocycles. The molecule has 2 heterocycles. The smallest absolute Gasteiger partial charge is 0.137 e. The normalized spacial score (nSPS) is 15.6. The van der Waals surface area contributed by atoms with Crippen LogP contribution in [0.5, 0.6) is 5.75 Å². The van der Waals surface area contributed by atoms with Gasteiger partial charge < -0.3 is 24.4 Å². The van der Waals surface area contributed by atoms with Crippen LogP contribution in [0.1, 0.15) is 21.7 Å². The Morgan fingerprint density at radius 2 is 1.51 bits per heavy atom. The summed E-state index contributed by atoms with van der Waals surface area (Å²) in [7, 11) is 8.09. The number of hydrogen-bond donors (Lipinski definition) is 1. The lowest BCUT2D eigenvalue weighted by Gasteiger charge is -2.30. The minimum Gasteiger partial charge on any atom is -0.543 e. The Bertz CT molecular complexity index is 1740. The van der Waals surface area contributed by atoms with Crippen LogP contribution in [0, 0.1) is 0 Å². The fourth-order valence-electron chi connectivity index (χ4n) is 5.19. The van der Waals surface area contributed by atoms with Gasteiger partial charge in [-0.15, -0.1) is 0 Å².